The molecule has 5 heteroatoms. The molecular weight excluding hydrogens is 342 g/mol. The highest BCUT2D eigenvalue weighted by atomic mass is 16.5. The molecule has 1 heterocycles. The molecule has 0 bridgehead atoms. The first-order valence-corrected chi connectivity index (χ1v) is 9.57. The molecule has 1 aromatic carbocycles. The first-order valence-electron chi connectivity index (χ1n) is 9.57. The van der Waals surface area contributed by atoms with Gasteiger partial charge in [0.25, 0.3) is 0 Å². The van der Waals surface area contributed by atoms with Gasteiger partial charge in [0.15, 0.2) is 5.78 Å². The fraction of sp³-hybridized carbons (Fsp3) is 0.455. The van der Waals surface area contributed by atoms with Gasteiger partial charge in [-0.1, -0.05) is 31.5 Å². The molecule has 0 saturated heterocycles. The number of carbonyl (C=O) groups is 2. The standard InChI is InChI=1S/C22H27NO4/c1-4-5-10-27-22(25)17-13-18-19(23-14(17)2)11-15(12-20(18)24)16-8-6-7-9-21(16)26-3/h6-9,15,23H,4-5,10-13H2,1-3H3. The minimum absolute atomic E-state index is 0.0748. The van der Waals surface area contributed by atoms with Crippen molar-refractivity contribution in [1.82, 2.24) is 5.32 Å². The summed E-state index contributed by atoms with van der Waals surface area (Å²) >= 11 is 0. The van der Waals surface area contributed by atoms with E-state index in [0.29, 0.717) is 30.6 Å². The van der Waals surface area contributed by atoms with E-state index in [1.165, 1.54) is 0 Å². The number of hydrogen-bond donors (Lipinski definition) is 1. The summed E-state index contributed by atoms with van der Waals surface area (Å²) in [5.74, 6) is 0.652. The zero-order valence-corrected chi connectivity index (χ0v) is 16.3. The topological polar surface area (TPSA) is 64.6 Å². The predicted octanol–water partition coefficient (Wildman–Crippen LogP) is 4.01. The molecule has 1 N–H and O–H groups in total. The number of rotatable bonds is 6. The summed E-state index contributed by atoms with van der Waals surface area (Å²) in [6, 6.07) is 7.84. The summed E-state index contributed by atoms with van der Waals surface area (Å²) in [6.45, 7) is 4.34. The van der Waals surface area contributed by atoms with E-state index in [1.54, 1.807) is 7.11 Å². The predicted molar refractivity (Wildman–Crippen MR) is 103 cm³/mol. The fourth-order valence-electron chi connectivity index (χ4n) is 3.75. The number of nitrogens with one attached hydrogen (secondary N) is 1. The SMILES string of the molecule is CCCCOC(=O)C1=C(C)NC2=C(C1)C(=O)CC(c1ccccc1OC)C2. The number of esters is 1. The van der Waals surface area contributed by atoms with Crippen molar-refractivity contribution in [2.45, 2.75) is 51.9 Å². The van der Waals surface area contributed by atoms with Gasteiger partial charge in [0.2, 0.25) is 0 Å². The third-order valence-corrected chi connectivity index (χ3v) is 5.28. The largest absolute Gasteiger partial charge is 0.496 e. The van der Waals surface area contributed by atoms with Gasteiger partial charge in [0, 0.05) is 35.7 Å². The molecule has 3 rings (SSSR count). The minimum atomic E-state index is -0.320. The Bertz CT molecular complexity index is 806. The first-order chi connectivity index (χ1) is 13.0. The molecule has 1 atom stereocenters. The number of unbranched alkanes of at least 4 members (excludes halogenated alkanes) is 1. The average Bonchev–Trinajstić information content (AvgIpc) is 2.67. The van der Waals surface area contributed by atoms with Gasteiger partial charge in [-0.2, -0.15) is 0 Å². The zero-order valence-electron chi connectivity index (χ0n) is 16.3. The maximum atomic E-state index is 12.8. The van der Waals surface area contributed by atoms with E-state index in [9.17, 15) is 9.59 Å². The van der Waals surface area contributed by atoms with E-state index >= 15 is 0 Å². The highest BCUT2D eigenvalue weighted by molar-refractivity contribution is 6.01. The van der Waals surface area contributed by atoms with Gasteiger partial charge in [0.1, 0.15) is 5.75 Å². The van der Waals surface area contributed by atoms with E-state index in [1.807, 2.05) is 31.2 Å². The summed E-state index contributed by atoms with van der Waals surface area (Å²) in [5, 5.41) is 3.30. The molecule has 0 fully saturated rings. The van der Waals surface area contributed by atoms with Crippen LogP contribution >= 0.6 is 0 Å². The molecular formula is C22H27NO4. The number of benzene rings is 1. The summed E-state index contributed by atoms with van der Waals surface area (Å²) in [6.07, 6.45) is 3.34. The number of para-hydroxylation sites is 1. The molecule has 5 nitrogen and oxygen atoms in total. The van der Waals surface area contributed by atoms with Crippen molar-refractivity contribution in [2.75, 3.05) is 13.7 Å². The summed E-state index contributed by atoms with van der Waals surface area (Å²) in [4.78, 5) is 25.2. The Morgan fingerprint density at radius 3 is 2.78 bits per heavy atom. The Kier molecular flexibility index (Phi) is 5.99. The van der Waals surface area contributed by atoms with Gasteiger partial charge in [-0.15, -0.1) is 0 Å². The van der Waals surface area contributed by atoms with E-state index in [-0.39, 0.29) is 17.7 Å². The molecule has 0 spiro atoms. The van der Waals surface area contributed by atoms with Crippen molar-refractivity contribution in [2.24, 2.45) is 0 Å². The molecule has 2 aliphatic rings. The van der Waals surface area contributed by atoms with Crippen LogP contribution in [-0.2, 0) is 14.3 Å². The molecule has 0 aromatic heterocycles. The highest BCUT2D eigenvalue weighted by Crippen LogP contribution is 2.41. The Balaban J connectivity index is 1.77. The van der Waals surface area contributed by atoms with Crippen LogP contribution in [-0.4, -0.2) is 25.5 Å². The molecule has 1 aliphatic carbocycles. The van der Waals surface area contributed by atoms with Crippen molar-refractivity contribution in [3.63, 3.8) is 0 Å². The number of methoxy groups -OCH3 is 1. The molecule has 1 unspecified atom stereocenters. The lowest BCUT2D eigenvalue weighted by atomic mass is 9.78. The van der Waals surface area contributed by atoms with Crippen molar-refractivity contribution in [3.05, 3.63) is 52.4 Å². The molecule has 1 aliphatic heterocycles. The van der Waals surface area contributed by atoms with Gasteiger partial charge in [0.05, 0.1) is 19.3 Å². The van der Waals surface area contributed by atoms with Crippen LogP contribution < -0.4 is 10.1 Å². The number of ketones is 1. The normalized spacial score (nSPS) is 19.5. The highest BCUT2D eigenvalue weighted by Gasteiger charge is 2.34. The van der Waals surface area contributed by atoms with Crippen molar-refractivity contribution in [3.8, 4) is 5.75 Å². The molecule has 0 radical (unpaired) electrons. The van der Waals surface area contributed by atoms with Crippen LogP contribution in [0.5, 0.6) is 5.75 Å². The second-order valence-electron chi connectivity index (χ2n) is 7.12. The third-order valence-electron chi connectivity index (χ3n) is 5.28. The Labute approximate surface area is 160 Å². The van der Waals surface area contributed by atoms with E-state index < -0.39 is 0 Å². The third kappa shape index (κ3) is 4.07. The maximum absolute atomic E-state index is 12.8. The quantitative estimate of drug-likeness (QED) is 0.606. The summed E-state index contributed by atoms with van der Waals surface area (Å²) in [5.41, 5.74) is 4.03. The Morgan fingerprint density at radius 1 is 1.26 bits per heavy atom. The molecule has 1 aromatic rings. The minimum Gasteiger partial charge on any atom is -0.496 e. The molecule has 0 amide bonds. The summed E-state index contributed by atoms with van der Waals surface area (Å²) < 4.78 is 10.8. The Morgan fingerprint density at radius 2 is 2.04 bits per heavy atom. The number of Topliss-reactive ketones (excluding diaryl/α,β-unsaturated/α-hetero) is 1. The lowest BCUT2D eigenvalue weighted by molar-refractivity contribution is -0.139. The summed E-state index contributed by atoms with van der Waals surface area (Å²) in [7, 11) is 1.65. The van der Waals surface area contributed by atoms with Gasteiger partial charge in [-0.25, -0.2) is 4.79 Å². The number of allylic oxidation sites excluding steroid dienone is 3. The number of ether oxygens (including phenoxy) is 2. The lowest BCUT2D eigenvalue weighted by Gasteiger charge is -2.32. The molecule has 144 valence electrons. The molecule has 0 saturated carbocycles. The zero-order chi connectivity index (χ0) is 19.4. The average molecular weight is 369 g/mol. The number of carbonyl (C=O) groups excluding carboxylic acids is 2. The Hall–Kier alpha value is -2.56. The fourth-order valence-corrected chi connectivity index (χ4v) is 3.75. The van der Waals surface area contributed by atoms with Crippen LogP contribution in [0.1, 0.15) is 57.4 Å². The van der Waals surface area contributed by atoms with Gasteiger partial charge in [-0.05, 0) is 31.4 Å². The number of hydrogen-bond acceptors (Lipinski definition) is 5. The molecule has 27 heavy (non-hydrogen) atoms. The van der Waals surface area contributed by atoms with Crippen molar-refractivity contribution in [1.29, 1.82) is 0 Å². The van der Waals surface area contributed by atoms with E-state index in [0.717, 1.165) is 42.0 Å². The smallest absolute Gasteiger partial charge is 0.336 e. The van der Waals surface area contributed by atoms with Crippen LogP contribution in [0, 0.1) is 0 Å². The van der Waals surface area contributed by atoms with Crippen LogP contribution in [0.25, 0.3) is 0 Å². The van der Waals surface area contributed by atoms with E-state index in [2.05, 4.69) is 12.2 Å². The maximum Gasteiger partial charge on any atom is 0.336 e. The van der Waals surface area contributed by atoms with Crippen LogP contribution in [0.2, 0.25) is 0 Å². The second kappa shape index (κ2) is 8.42. The van der Waals surface area contributed by atoms with Gasteiger partial charge >= 0.3 is 5.97 Å². The van der Waals surface area contributed by atoms with Gasteiger partial charge < -0.3 is 14.8 Å². The lowest BCUT2D eigenvalue weighted by Crippen LogP contribution is -2.31. The van der Waals surface area contributed by atoms with Gasteiger partial charge in [-0.3, -0.25) is 4.79 Å². The van der Waals surface area contributed by atoms with Crippen molar-refractivity contribution < 1.29 is 19.1 Å². The number of dihydropyridines is 1. The second-order valence-corrected chi connectivity index (χ2v) is 7.12. The first kappa shape index (κ1) is 19.2. The monoisotopic (exact) mass is 369 g/mol. The van der Waals surface area contributed by atoms with Crippen LogP contribution in [0.3, 0.4) is 0 Å². The van der Waals surface area contributed by atoms with Crippen LogP contribution in [0.15, 0.2) is 46.8 Å². The van der Waals surface area contributed by atoms with Crippen molar-refractivity contribution >= 4 is 11.8 Å². The van der Waals surface area contributed by atoms with Crippen LogP contribution in [0.4, 0.5) is 0 Å². The van der Waals surface area contributed by atoms with E-state index in [4.69, 9.17) is 9.47 Å².